The summed E-state index contributed by atoms with van der Waals surface area (Å²) in [5.74, 6) is 0. The number of hydrazine groups is 1. The van der Waals surface area contributed by atoms with Crippen molar-refractivity contribution in [3.63, 3.8) is 0 Å². The fourth-order valence-electron chi connectivity index (χ4n) is 1.63. The van der Waals surface area contributed by atoms with E-state index in [4.69, 9.17) is 10.5 Å². The van der Waals surface area contributed by atoms with Gasteiger partial charge in [0, 0.05) is 13.1 Å². The Balaban J connectivity index is 2.03. The fourth-order valence-corrected chi connectivity index (χ4v) is 1.63. The van der Waals surface area contributed by atoms with E-state index >= 15 is 0 Å². The van der Waals surface area contributed by atoms with Crippen LogP contribution in [0.4, 0.5) is 11.4 Å². The molecule has 0 spiro atoms. The van der Waals surface area contributed by atoms with Gasteiger partial charge in [-0.05, 0) is 24.6 Å². The van der Waals surface area contributed by atoms with Crippen molar-refractivity contribution in [3.05, 3.63) is 23.8 Å². The number of nitrogen functional groups attached to an aromatic ring is 1. The van der Waals surface area contributed by atoms with Crippen LogP contribution in [0.2, 0.25) is 0 Å². The Hall–Kier alpha value is -1.26. The number of hydrogen-bond acceptors (Lipinski definition) is 4. The summed E-state index contributed by atoms with van der Waals surface area (Å²) >= 11 is 0. The maximum atomic E-state index is 5.92. The van der Waals surface area contributed by atoms with Gasteiger partial charge in [0.2, 0.25) is 0 Å². The van der Waals surface area contributed by atoms with Gasteiger partial charge in [0.15, 0.2) is 0 Å². The van der Waals surface area contributed by atoms with E-state index in [0.29, 0.717) is 0 Å². The highest BCUT2D eigenvalue weighted by atomic mass is 16.5. The molecule has 0 saturated carbocycles. The number of nitrogens with two attached hydrogens (primary N) is 1. The van der Waals surface area contributed by atoms with Gasteiger partial charge in [0.1, 0.15) is 0 Å². The standard InChI is InChI=1S/C11H17N3O/c1-9-2-3-11(10(12)8-9)13-14-4-6-15-7-5-14/h2-3,8,13H,4-7,12H2,1H3. The summed E-state index contributed by atoms with van der Waals surface area (Å²) in [7, 11) is 0. The van der Waals surface area contributed by atoms with Crippen LogP contribution in [0.3, 0.4) is 0 Å². The second-order valence-corrected chi connectivity index (χ2v) is 3.80. The number of rotatable bonds is 2. The zero-order valence-corrected chi connectivity index (χ0v) is 8.99. The Kier molecular flexibility index (Phi) is 3.08. The highest BCUT2D eigenvalue weighted by Crippen LogP contribution is 2.20. The van der Waals surface area contributed by atoms with E-state index in [1.807, 2.05) is 19.1 Å². The third-order valence-corrected chi connectivity index (χ3v) is 2.50. The van der Waals surface area contributed by atoms with Crippen molar-refractivity contribution in [2.75, 3.05) is 37.5 Å². The van der Waals surface area contributed by atoms with Crippen LogP contribution < -0.4 is 11.2 Å². The van der Waals surface area contributed by atoms with Gasteiger partial charge in [0.25, 0.3) is 0 Å². The number of nitrogens with zero attached hydrogens (tertiary/aromatic N) is 1. The molecular formula is C11H17N3O. The van der Waals surface area contributed by atoms with E-state index in [2.05, 4.69) is 16.5 Å². The molecule has 1 heterocycles. The summed E-state index contributed by atoms with van der Waals surface area (Å²) in [4.78, 5) is 0. The molecule has 3 N–H and O–H groups in total. The summed E-state index contributed by atoms with van der Waals surface area (Å²) < 4.78 is 5.27. The van der Waals surface area contributed by atoms with Crippen molar-refractivity contribution in [2.45, 2.75) is 6.92 Å². The van der Waals surface area contributed by atoms with Crippen LogP contribution in [0.25, 0.3) is 0 Å². The number of ether oxygens (including phenoxy) is 1. The van der Waals surface area contributed by atoms with Crippen LogP contribution in [0.15, 0.2) is 18.2 Å². The van der Waals surface area contributed by atoms with Gasteiger partial charge in [-0.15, -0.1) is 0 Å². The molecule has 1 aliphatic heterocycles. The molecule has 0 radical (unpaired) electrons. The van der Waals surface area contributed by atoms with Crippen molar-refractivity contribution >= 4 is 11.4 Å². The molecule has 0 atom stereocenters. The van der Waals surface area contributed by atoms with Crippen LogP contribution in [0.5, 0.6) is 0 Å². The molecule has 0 aromatic heterocycles. The molecular weight excluding hydrogens is 190 g/mol. The molecule has 0 aliphatic carbocycles. The van der Waals surface area contributed by atoms with Crippen LogP contribution in [0, 0.1) is 6.92 Å². The summed E-state index contributed by atoms with van der Waals surface area (Å²) in [6, 6.07) is 6.04. The van der Waals surface area contributed by atoms with Gasteiger partial charge in [-0.2, -0.15) is 0 Å². The maximum Gasteiger partial charge on any atom is 0.0720 e. The van der Waals surface area contributed by atoms with E-state index in [0.717, 1.165) is 37.7 Å². The van der Waals surface area contributed by atoms with Gasteiger partial charge >= 0.3 is 0 Å². The predicted molar refractivity (Wildman–Crippen MR) is 61.6 cm³/mol. The van der Waals surface area contributed by atoms with E-state index in [1.165, 1.54) is 5.56 Å². The summed E-state index contributed by atoms with van der Waals surface area (Å²) in [6.07, 6.45) is 0. The van der Waals surface area contributed by atoms with E-state index in [-0.39, 0.29) is 0 Å². The van der Waals surface area contributed by atoms with E-state index in [9.17, 15) is 0 Å². The zero-order chi connectivity index (χ0) is 10.7. The molecule has 2 rings (SSSR count). The lowest BCUT2D eigenvalue weighted by Crippen LogP contribution is -2.40. The molecule has 4 heteroatoms. The molecule has 0 bridgehead atoms. The maximum absolute atomic E-state index is 5.92. The van der Waals surface area contributed by atoms with E-state index < -0.39 is 0 Å². The molecule has 15 heavy (non-hydrogen) atoms. The van der Waals surface area contributed by atoms with Gasteiger partial charge < -0.3 is 15.9 Å². The van der Waals surface area contributed by atoms with Crippen molar-refractivity contribution in [1.82, 2.24) is 5.01 Å². The SMILES string of the molecule is Cc1ccc(NN2CCOCC2)c(N)c1. The molecule has 1 aliphatic rings. The molecule has 0 unspecified atom stereocenters. The second-order valence-electron chi connectivity index (χ2n) is 3.80. The number of morpholine rings is 1. The van der Waals surface area contributed by atoms with Crippen LogP contribution in [0.1, 0.15) is 5.56 Å². The summed E-state index contributed by atoms with van der Waals surface area (Å²) in [5, 5.41) is 2.13. The van der Waals surface area contributed by atoms with Gasteiger partial charge in [-0.3, -0.25) is 0 Å². The van der Waals surface area contributed by atoms with Crippen LogP contribution in [-0.2, 0) is 4.74 Å². The fraction of sp³-hybridized carbons (Fsp3) is 0.455. The first-order valence-electron chi connectivity index (χ1n) is 5.21. The normalized spacial score (nSPS) is 17.7. The Morgan fingerprint density at radius 1 is 1.33 bits per heavy atom. The largest absolute Gasteiger partial charge is 0.397 e. The lowest BCUT2D eigenvalue weighted by molar-refractivity contribution is 0.0497. The van der Waals surface area contributed by atoms with E-state index in [1.54, 1.807) is 0 Å². The number of benzene rings is 1. The first-order chi connectivity index (χ1) is 7.25. The molecule has 0 amide bonds. The van der Waals surface area contributed by atoms with Crippen LogP contribution >= 0.6 is 0 Å². The molecule has 4 nitrogen and oxygen atoms in total. The number of nitrogens with one attached hydrogen (secondary N) is 1. The van der Waals surface area contributed by atoms with Gasteiger partial charge in [0.05, 0.1) is 24.6 Å². The Morgan fingerprint density at radius 3 is 2.73 bits per heavy atom. The second kappa shape index (κ2) is 4.51. The third-order valence-electron chi connectivity index (χ3n) is 2.50. The molecule has 82 valence electrons. The predicted octanol–water partition coefficient (Wildman–Crippen LogP) is 1.24. The highest BCUT2D eigenvalue weighted by Gasteiger charge is 2.10. The quantitative estimate of drug-likeness (QED) is 0.716. The minimum absolute atomic E-state index is 0.777. The average Bonchev–Trinajstić information content (AvgIpc) is 2.24. The van der Waals surface area contributed by atoms with Crippen molar-refractivity contribution < 1.29 is 4.74 Å². The summed E-state index contributed by atoms with van der Waals surface area (Å²) in [5.41, 5.74) is 12.2. The molecule has 1 saturated heterocycles. The number of anilines is 2. The monoisotopic (exact) mass is 207 g/mol. The Labute approximate surface area is 90.0 Å². The van der Waals surface area contributed by atoms with Crippen molar-refractivity contribution in [3.8, 4) is 0 Å². The number of aryl methyl sites for hydroxylation is 1. The Morgan fingerprint density at radius 2 is 2.07 bits per heavy atom. The highest BCUT2D eigenvalue weighted by molar-refractivity contribution is 5.66. The molecule has 1 aromatic carbocycles. The van der Waals surface area contributed by atoms with Gasteiger partial charge in [-0.1, -0.05) is 6.07 Å². The van der Waals surface area contributed by atoms with Gasteiger partial charge in [-0.25, -0.2) is 5.01 Å². The topological polar surface area (TPSA) is 50.5 Å². The van der Waals surface area contributed by atoms with Crippen molar-refractivity contribution in [1.29, 1.82) is 0 Å². The smallest absolute Gasteiger partial charge is 0.0720 e. The minimum atomic E-state index is 0.777. The average molecular weight is 207 g/mol. The minimum Gasteiger partial charge on any atom is -0.397 e. The Bertz CT molecular complexity index is 335. The van der Waals surface area contributed by atoms with Crippen LogP contribution in [-0.4, -0.2) is 31.3 Å². The summed E-state index contributed by atoms with van der Waals surface area (Å²) in [6.45, 7) is 5.38. The first-order valence-corrected chi connectivity index (χ1v) is 5.21. The lowest BCUT2D eigenvalue weighted by atomic mass is 10.2. The molecule has 1 fully saturated rings. The lowest BCUT2D eigenvalue weighted by Gasteiger charge is -2.28. The first kappa shape index (κ1) is 10.3. The van der Waals surface area contributed by atoms with Crippen molar-refractivity contribution in [2.24, 2.45) is 0 Å². The number of hydrogen-bond donors (Lipinski definition) is 2. The molecule has 1 aromatic rings. The zero-order valence-electron chi connectivity index (χ0n) is 8.99. The third kappa shape index (κ3) is 2.61.